The van der Waals surface area contributed by atoms with Crippen molar-refractivity contribution in [2.24, 2.45) is 5.41 Å². The molecule has 0 amide bonds. The maximum Gasteiger partial charge on any atom is 0.314 e. The average molecular weight is 426 g/mol. The van der Waals surface area contributed by atoms with Crippen molar-refractivity contribution >= 4 is 5.97 Å². The van der Waals surface area contributed by atoms with Gasteiger partial charge in [-0.2, -0.15) is 0 Å². The highest BCUT2D eigenvalue weighted by Crippen LogP contribution is 2.36. The number of halogens is 4. The van der Waals surface area contributed by atoms with E-state index < -0.39 is 58.3 Å². The van der Waals surface area contributed by atoms with Crippen LogP contribution in [-0.4, -0.2) is 15.9 Å². The Morgan fingerprint density at radius 3 is 1.80 bits per heavy atom. The van der Waals surface area contributed by atoms with Crippen molar-refractivity contribution in [1.29, 1.82) is 0 Å². The van der Waals surface area contributed by atoms with Crippen LogP contribution in [0.5, 0.6) is 0 Å². The molecule has 4 nitrogen and oxygen atoms in total. The van der Waals surface area contributed by atoms with Crippen molar-refractivity contribution < 1.29 is 27.1 Å². The molecule has 1 aromatic heterocycles. The summed E-state index contributed by atoms with van der Waals surface area (Å²) in [7, 11) is 0. The lowest BCUT2D eigenvalue weighted by molar-refractivity contribution is -0.149. The second-order valence-corrected chi connectivity index (χ2v) is 9.36. The van der Waals surface area contributed by atoms with Crippen LogP contribution in [0.4, 0.5) is 17.6 Å². The van der Waals surface area contributed by atoms with Crippen molar-refractivity contribution in [3.63, 3.8) is 0 Å². The Hall–Kier alpha value is -2.51. The van der Waals surface area contributed by atoms with E-state index in [4.69, 9.17) is 4.74 Å². The minimum absolute atomic E-state index is 0.287. The monoisotopic (exact) mass is 426 g/mol. The largest absolute Gasteiger partial charge is 0.460 e. The van der Waals surface area contributed by atoms with Gasteiger partial charge in [0.2, 0.25) is 0 Å². The second-order valence-electron chi connectivity index (χ2n) is 9.36. The fourth-order valence-electron chi connectivity index (χ4n) is 3.00. The summed E-state index contributed by atoms with van der Waals surface area (Å²) in [6.45, 7) is 11.2. The lowest BCUT2D eigenvalue weighted by atomic mass is 9.77. The summed E-state index contributed by atoms with van der Waals surface area (Å²) in [6.07, 6.45) is 3.02. The number of esters is 1. The molecule has 1 atom stereocenters. The van der Waals surface area contributed by atoms with Crippen LogP contribution in [0.25, 0.3) is 0 Å². The summed E-state index contributed by atoms with van der Waals surface area (Å²) in [4.78, 5) is 21.4. The lowest BCUT2D eigenvalue weighted by Gasteiger charge is -2.29. The number of nitrogens with zero attached hydrogens (tertiary/aromatic N) is 2. The molecule has 0 spiro atoms. The van der Waals surface area contributed by atoms with Gasteiger partial charge in [-0.1, -0.05) is 41.5 Å². The van der Waals surface area contributed by atoms with Crippen LogP contribution >= 0.6 is 0 Å². The van der Waals surface area contributed by atoms with E-state index in [1.807, 2.05) is 20.8 Å². The number of carbonyl (C=O) groups excluding carboxylic acids is 1. The van der Waals surface area contributed by atoms with Gasteiger partial charge in [0.15, 0.2) is 23.3 Å². The third kappa shape index (κ3) is 4.79. The highest BCUT2D eigenvalue weighted by molar-refractivity contribution is 5.79. The van der Waals surface area contributed by atoms with Gasteiger partial charge in [-0.15, -0.1) is 0 Å². The molecule has 1 aromatic carbocycles. The van der Waals surface area contributed by atoms with E-state index in [9.17, 15) is 22.4 Å². The smallest absolute Gasteiger partial charge is 0.314 e. The molecule has 2 rings (SSSR count). The number of carbonyl (C=O) groups is 1. The Labute approximate surface area is 173 Å². The van der Waals surface area contributed by atoms with E-state index in [2.05, 4.69) is 9.97 Å². The topological polar surface area (TPSA) is 52.1 Å². The van der Waals surface area contributed by atoms with Gasteiger partial charge < -0.3 is 4.74 Å². The molecule has 2 aromatic rings. The fraction of sp³-hybridized carbons (Fsp3) is 0.500. The first-order valence-corrected chi connectivity index (χ1v) is 9.46. The molecule has 0 saturated heterocycles. The summed E-state index contributed by atoms with van der Waals surface area (Å²) < 4.78 is 60.8. The maximum absolute atomic E-state index is 14.1. The number of hydrogen-bond donors (Lipinski definition) is 0. The first-order valence-electron chi connectivity index (χ1n) is 9.46. The molecular weight excluding hydrogens is 400 g/mol. The number of aromatic nitrogens is 2. The highest BCUT2D eigenvalue weighted by atomic mass is 19.2. The van der Waals surface area contributed by atoms with Crippen LogP contribution in [0.3, 0.4) is 0 Å². The Morgan fingerprint density at radius 1 is 0.933 bits per heavy atom. The van der Waals surface area contributed by atoms with Gasteiger partial charge in [0.25, 0.3) is 0 Å². The number of ether oxygens (including phenoxy) is 1. The Balaban J connectivity index is 2.33. The Bertz CT molecular complexity index is 917. The van der Waals surface area contributed by atoms with Gasteiger partial charge in [-0.05, 0) is 12.3 Å². The fourth-order valence-corrected chi connectivity index (χ4v) is 3.00. The zero-order chi connectivity index (χ0) is 23.0. The SMILES string of the molecule is Cc1c(F)c(F)c(COC(=O)C(c2cnc(C(C)(C)C)nc2)C(C)(C)C)c(F)c1F. The Kier molecular flexibility index (Phi) is 6.59. The van der Waals surface area contributed by atoms with E-state index in [0.717, 1.165) is 6.92 Å². The summed E-state index contributed by atoms with van der Waals surface area (Å²) in [5.74, 6) is -7.28. The first-order chi connectivity index (χ1) is 13.7. The third-order valence-corrected chi connectivity index (χ3v) is 4.71. The van der Waals surface area contributed by atoms with Crippen molar-refractivity contribution in [3.8, 4) is 0 Å². The average Bonchev–Trinajstić information content (AvgIpc) is 2.63. The third-order valence-electron chi connectivity index (χ3n) is 4.71. The van der Waals surface area contributed by atoms with Crippen LogP contribution in [0, 0.1) is 35.6 Å². The van der Waals surface area contributed by atoms with E-state index in [1.165, 1.54) is 12.4 Å². The second kappa shape index (κ2) is 8.32. The van der Waals surface area contributed by atoms with Crippen molar-refractivity contribution in [2.45, 2.75) is 66.4 Å². The molecule has 164 valence electrons. The number of hydrogen-bond acceptors (Lipinski definition) is 4. The van der Waals surface area contributed by atoms with Crippen LogP contribution in [0.1, 0.15) is 70.0 Å². The van der Waals surface area contributed by atoms with E-state index >= 15 is 0 Å². The molecule has 0 fully saturated rings. The van der Waals surface area contributed by atoms with Crippen LogP contribution in [-0.2, 0) is 21.6 Å². The zero-order valence-corrected chi connectivity index (χ0v) is 18.2. The first kappa shape index (κ1) is 23.8. The van der Waals surface area contributed by atoms with E-state index in [-0.39, 0.29) is 5.41 Å². The van der Waals surface area contributed by atoms with Crippen LogP contribution in [0.15, 0.2) is 12.4 Å². The highest BCUT2D eigenvalue weighted by Gasteiger charge is 2.36. The Morgan fingerprint density at radius 2 is 1.40 bits per heavy atom. The van der Waals surface area contributed by atoms with Gasteiger partial charge >= 0.3 is 5.97 Å². The predicted molar refractivity (Wildman–Crippen MR) is 104 cm³/mol. The van der Waals surface area contributed by atoms with Crippen LogP contribution in [0.2, 0.25) is 0 Å². The quantitative estimate of drug-likeness (QED) is 0.367. The number of benzene rings is 1. The molecular formula is C22H26F4N2O2. The van der Waals surface area contributed by atoms with Gasteiger partial charge in [0.05, 0.1) is 11.5 Å². The molecule has 30 heavy (non-hydrogen) atoms. The summed E-state index contributed by atoms with van der Waals surface area (Å²) in [5, 5.41) is 0. The normalized spacial score (nSPS) is 13.3. The minimum Gasteiger partial charge on any atom is -0.460 e. The summed E-state index contributed by atoms with van der Waals surface area (Å²) in [6, 6.07) is 0. The summed E-state index contributed by atoms with van der Waals surface area (Å²) in [5.41, 5.74) is -2.22. The molecule has 0 aliphatic carbocycles. The molecule has 0 N–H and O–H groups in total. The van der Waals surface area contributed by atoms with Crippen molar-refractivity contribution in [3.05, 3.63) is 58.2 Å². The van der Waals surface area contributed by atoms with Gasteiger partial charge in [0, 0.05) is 28.9 Å². The molecule has 0 radical (unpaired) electrons. The van der Waals surface area contributed by atoms with Crippen molar-refractivity contribution in [1.82, 2.24) is 9.97 Å². The lowest BCUT2D eigenvalue weighted by Crippen LogP contribution is -2.29. The maximum atomic E-state index is 14.1. The van der Waals surface area contributed by atoms with Gasteiger partial charge in [-0.3, -0.25) is 4.79 Å². The number of rotatable bonds is 4. The molecule has 0 bridgehead atoms. The predicted octanol–water partition coefficient (Wildman–Crippen LogP) is 5.51. The van der Waals surface area contributed by atoms with E-state index in [1.54, 1.807) is 20.8 Å². The van der Waals surface area contributed by atoms with E-state index in [0.29, 0.717) is 11.4 Å². The van der Waals surface area contributed by atoms with Gasteiger partial charge in [0.1, 0.15) is 12.4 Å². The minimum atomic E-state index is -1.58. The molecule has 8 heteroatoms. The molecule has 0 aliphatic heterocycles. The molecule has 0 aliphatic rings. The summed E-state index contributed by atoms with van der Waals surface area (Å²) >= 11 is 0. The zero-order valence-electron chi connectivity index (χ0n) is 18.2. The molecule has 1 unspecified atom stereocenters. The molecule has 0 saturated carbocycles. The van der Waals surface area contributed by atoms with Crippen molar-refractivity contribution in [2.75, 3.05) is 0 Å². The van der Waals surface area contributed by atoms with Crippen LogP contribution < -0.4 is 0 Å². The standard InChI is InChI=1S/C22H26F4N2O2/c1-11-15(23)17(25)13(18(26)16(11)24)10-30-19(29)14(21(2,3)4)12-8-27-20(28-9-12)22(5,6)7/h8-9,14H,10H2,1-7H3. The molecule has 1 heterocycles. The van der Waals surface area contributed by atoms with Gasteiger partial charge in [-0.25, -0.2) is 27.5 Å².